The zero-order valence-electron chi connectivity index (χ0n) is 9.23. The summed E-state index contributed by atoms with van der Waals surface area (Å²) >= 11 is 0. The molecule has 16 heavy (non-hydrogen) atoms. The highest BCUT2D eigenvalue weighted by Gasteiger charge is 2.39. The lowest BCUT2D eigenvalue weighted by molar-refractivity contribution is 0.0595. The normalized spacial score (nSPS) is 16.6. The molecule has 0 spiro atoms. The molecule has 0 aromatic heterocycles. The van der Waals surface area contributed by atoms with Crippen molar-refractivity contribution in [1.29, 1.82) is 0 Å². The Morgan fingerprint density at radius 1 is 1.44 bits per heavy atom. The minimum atomic E-state index is -0.391. The van der Waals surface area contributed by atoms with Crippen molar-refractivity contribution in [3.63, 3.8) is 0 Å². The summed E-state index contributed by atoms with van der Waals surface area (Å²) in [5, 5.41) is 0. The number of carbonyl (C=O) groups excluding carboxylic acids is 1. The fraction of sp³-hybridized carbons (Fsp3) is 0.417. The van der Waals surface area contributed by atoms with Gasteiger partial charge in [-0.1, -0.05) is 12.1 Å². The average molecular weight is 221 g/mol. The van der Waals surface area contributed by atoms with E-state index in [0.717, 1.165) is 12.8 Å². The van der Waals surface area contributed by atoms with E-state index < -0.39 is 5.97 Å². The van der Waals surface area contributed by atoms with E-state index >= 15 is 0 Å². The monoisotopic (exact) mass is 221 g/mol. The largest absolute Gasteiger partial charge is 0.491 e. The summed E-state index contributed by atoms with van der Waals surface area (Å²) in [6.45, 7) is 0.445. The first-order valence-electron chi connectivity index (χ1n) is 5.24. The molecule has 4 nitrogen and oxygen atoms in total. The zero-order chi connectivity index (χ0) is 11.6. The van der Waals surface area contributed by atoms with E-state index in [1.807, 2.05) is 6.07 Å². The van der Waals surface area contributed by atoms with E-state index in [4.69, 9.17) is 10.5 Å². The molecular weight excluding hydrogens is 206 g/mol. The predicted molar refractivity (Wildman–Crippen MR) is 59.4 cm³/mol. The van der Waals surface area contributed by atoms with Gasteiger partial charge < -0.3 is 15.2 Å². The third-order valence-corrected chi connectivity index (χ3v) is 2.70. The van der Waals surface area contributed by atoms with E-state index in [0.29, 0.717) is 17.9 Å². The molecule has 0 atom stereocenters. The quantitative estimate of drug-likeness (QED) is 0.779. The fourth-order valence-electron chi connectivity index (χ4n) is 1.40. The van der Waals surface area contributed by atoms with E-state index in [1.165, 1.54) is 7.11 Å². The van der Waals surface area contributed by atoms with Crippen LogP contribution in [0.5, 0.6) is 5.75 Å². The van der Waals surface area contributed by atoms with Crippen molar-refractivity contribution in [2.45, 2.75) is 18.4 Å². The lowest BCUT2D eigenvalue weighted by Gasteiger charge is -2.13. The smallest absolute Gasteiger partial charge is 0.341 e. The Bertz CT molecular complexity index is 399. The van der Waals surface area contributed by atoms with Crippen LogP contribution in [0.4, 0.5) is 0 Å². The minimum absolute atomic E-state index is 0.191. The topological polar surface area (TPSA) is 61.5 Å². The highest BCUT2D eigenvalue weighted by molar-refractivity contribution is 5.92. The molecule has 1 saturated carbocycles. The molecule has 2 N–H and O–H groups in total. The van der Waals surface area contributed by atoms with Crippen LogP contribution in [-0.2, 0) is 4.74 Å². The Morgan fingerprint density at radius 3 is 2.75 bits per heavy atom. The SMILES string of the molecule is COC(=O)c1ccccc1OCC1(N)CC1. The molecule has 0 aliphatic heterocycles. The number of ether oxygens (including phenoxy) is 2. The lowest BCUT2D eigenvalue weighted by atomic mass is 10.2. The van der Waals surface area contributed by atoms with E-state index in [2.05, 4.69) is 4.74 Å². The van der Waals surface area contributed by atoms with E-state index in [9.17, 15) is 4.79 Å². The molecule has 2 rings (SSSR count). The van der Waals surface area contributed by atoms with Crippen molar-refractivity contribution in [1.82, 2.24) is 0 Å². The first-order chi connectivity index (χ1) is 7.64. The molecule has 86 valence electrons. The van der Waals surface area contributed by atoms with Crippen LogP contribution < -0.4 is 10.5 Å². The number of rotatable bonds is 4. The van der Waals surface area contributed by atoms with Gasteiger partial charge in [-0.3, -0.25) is 0 Å². The van der Waals surface area contributed by atoms with Crippen LogP contribution in [0, 0.1) is 0 Å². The number of methoxy groups -OCH3 is 1. The van der Waals surface area contributed by atoms with Crippen LogP contribution in [0.3, 0.4) is 0 Å². The lowest BCUT2D eigenvalue weighted by Crippen LogP contribution is -2.30. The molecule has 0 radical (unpaired) electrons. The molecule has 0 unspecified atom stereocenters. The first kappa shape index (κ1) is 11.0. The van der Waals surface area contributed by atoms with Gasteiger partial charge in [0.1, 0.15) is 17.9 Å². The van der Waals surface area contributed by atoms with Crippen LogP contribution in [0.25, 0.3) is 0 Å². The molecular formula is C12H15NO3. The number of para-hydroxylation sites is 1. The van der Waals surface area contributed by atoms with Gasteiger partial charge >= 0.3 is 5.97 Å². The molecule has 1 aliphatic carbocycles. The Hall–Kier alpha value is -1.55. The van der Waals surface area contributed by atoms with Gasteiger partial charge in [-0.05, 0) is 25.0 Å². The standard InChI is InChI=1S/C12H15NO3/c1-15-11(14)9-4-2-3-5-10(9)16-8-12(13)6-7-12/h2-5H,6-8,13H2,1H3. The van der Waals surface area contributed by atoms with Crippen LogP contribution in [0.15, 0.2) is 24.3 Å². The first-order valence-corrected chi connectivity index (χ1v) is 5.24. The van der Waals surface area contributed by atoms with Gasteiger partial charge in [-0.2, -0.15) is 0 Å². The van der Waals surface area contributed by atoms with Gasteiger partial charge in [0.2, 0.25) is 0 Å². The second-order valence-electron chi connectivity index (χ2n) is 4.14. The van der Waals surface area contributed by atoms with E-state index in [1.54, 1.807) is 18.2 Å². The van der Waals surface area contributed by atoms with Crippen LogP contribution >= 0.6 is 0 Å². The molecule has 0 amide bonds. The van der Waals surface area contributed by atoms with Crippen molar-refractivity contribution < 1.29 is 14.3 Å². The van der Waals surface area contributed by atoms with Crippen LogP contribution in [0.2, 0.25) is 0 Å². The van der Waals surface area contributed by atoms with Crippen LogP contribution in [0.1, 0.15) is 23.2 Å². The number of benzene rings is 1. The maximum absolute atomic E-state index is 11.4. The van der Waals surface area contributed by atoms with Gasteiger partial charge in [0.05, 0.1) is 12.6 Å². The second-order valence-corrected chi connectivity index (χ2v) is 4.14. The van der Waals surface area contributed by atoms with Crippen LogP contribution in [-0.4, -0.2) is 25.2 Å². The molecule has 1 aromatic carbocycles. The summed E-state index contributed by atoms with van der Waals surface area (Å²) in [6.07, 6.45) is 1.96. The number of esters is 1. The average Bonchev–Trinajstić information content (AvgIpc) is 3.05. The second kappa shape index (κ2) is 4.14. The van der Waals surface area contributed by atoms with Crippen molar-refractivity contribution in [2.24, 2.45) is 5.73 Å². The molecule has 1 aromatic rings. The van der Waals surface area contributed by atoms with Gasteiger partial charge in [-0.15, -0.1) is 0 Å². The Morgan fingerprint density at radius 2 is 2.12 bits per heavy atom. The zero-order valence-corrected chi connectivity index (χ0v) is 9.23. The number of nitrogens with two attached hydrogens (primary N) is 1. The maximum atomic E-state index is 11.4. The maximum Gasteiger partial charge on any atom is 0.341 e. The Kier molecular flexibility index (Phi) is 2.83. The molecule has 4 heteroatoms. The summed E-state index contributed by atoms with van der Waals surface area (Å²) in [4.78, 5) is 11.4. The Labute approximate surface area is 94.3 Å². The third-order valence-electron chi connectivity index (χ3n) is 2.70. The molecule has 0 heterocycles. The van der Waals surface area contributed by atoms with Crippen molar-refractivity contribution in [3.05, 3.63) is 29.8 Å². The van der Waals surface area contributed by atoms with E-state index in [-0.39, 0.29) is 5.54 Å². The highest BCUT2D eigenvalue weighted by atomic mass is 16.5. The molecule has 1 fully saturated rings. The Balaban J connectivity index is 2.09. The van der Waals surface area contributed by atoms with Crippen molar-refractivity contribution in [3.8, 4) is 5.75 Å². The van der Waals surface area contributed by atoms with Crippen molar-refractivity contribution >= 4 is 5.97 Å². The molecule has 0 bridgehead atoms. The number of carbonyl (C=O) groups is 1. The van der Waals surface area contributed by atoms with Gasteiger partial charge in [-0.25, -0.2) is 4.79 Å². The highest BCUT2D eigenvalue weighted by Crippen LogP contribution is 2.33. The third kappa shape index (κ3) is 2.33. The minimum Gasteiger partial charge on any atom is -0.491 e. The van der Waals surface area contributed by atoms with Gasteiger partial charge in [0.15, 0.2) is 0 Å². The summed E-state index contributed by atoms with van der Waals surface area (Å²) in [5.41, 5.74) is 6.16. The van der Waals surface area contributed by atoms with Crippen molar-refractivity contribution in [2.75, 3.05) is 13.7 Å². The molecule has 1 aliphatic rings. The summed E-state index contributed by atoms with van der Waals surface area (Å²) < 4.78 is 10.2. The summed E-state index contributed by atoms with van der Waals surface area (Å²) in [7, 11) is 1.35. The van der Waals surface area contributed by atoms with Gasteiger partial charge in [0, 0.05) is 0 Å². The molecule has 0 saturated heterocycles. The summed E-state index contributed by atoms with van der Waals surface area (Å²) in [5.74, 6) is 0.142. The number of hydrogen-bond acceptors (Lipinski definition) is 4. The summed E-state index contributed by atoms with van der Waals surface area (Å²) in [6, 6.07) is 7.02. The van der Waals surface area contributed by atoms with Gasteiger partial charge in [0.25, 0.3) is 0 Å². The predicted octanol–water partition coefficient (Wildman–Crippen LogP) is 1.34. The number of hydrogen-bond donors (Lipinski definition) is 1. The fourth-order valence-corrected chi connectivity index (χ4v) is 1.40.